The average molecular weight is 355 g/mol. The highest BCUT2D eigenvalue weighted by molar-refractivity contribution is 5.56. The Labute approximate surface area is 142 Å². The van der Waals surface area contributed by atoms with Gasteiger partial charge in [-0.15, -0.1) is 0 Å². The van der Waals surface area contributed by atoms with Crippen LogP contribution in [0.15, 0.2) is 30.5 Å². The number of aromatic nitrogens is 2. The third-order valence-electron chi connectivity index (χ3n) is 4.12. The van der Waals surface area contributed by atoms with E-state index in [9.17, 15) is 17.6 Å². The van der Waals surface area contributed by atoms with Crippen LogP contribution in [0.3, 0.4) is 0 Å². The summed E-state index contributed by atoms with van der Waals surface area (Å²) in [6, 6.07) is 5.64. The lowest BCUT2D eigenvalue weighted by Gasteiger charge is -2.21. The predicted octanol–water partition coefficient (Wildman–Crippen LogP) is 4.72. The summed E-state index contributed by atoms with van der Waals surface area (Å²) in [5.74, 6) is -0.932. The summed E-state index contributed by atoms with van der Waals surface area (Å²) >= 11 is 0. The molecule has 0 amide bonds. The van der Waals surface area contributed by atoms with Crippen LogP contribution in [0.25, 0.3) is 0 Å². The topological polar surface area (TPSA) is 38.2 Å². The van der Waals surface area contributed by atoms with Crippen molar-refractivity contribution in [1.29, 1.82) is 0 Å². The lowest BCUT2D eigenvalue weighted by molar-refractivity contribution is -0.139. The Balaban J connectivity index is 1.94. The number of alkyl halides is 3. The Morgan fingerprint density at radius 2 is 1.92 bits per heavy atom. The van der Waals surface area contributed by atoms with Crippen molar-refractivity contribution in [1.82, 2.24) is 9.97 Å². The minimum Gasteiger partial charge on any atom is -0.474 e. The van der Waals surface area contributed by atoms with Crippen molar-refractivity contribution in [3.63, 3.8) is 0 Å². The summed E-state index contributed by atoms with van der Waals surface area (Å²) in [4.78, 5) is 9.14. The van der Waals surface area contributed by atoms with Crippen molar-refractivity contribution in [3.05, 3.63) is 41.8 Å². The van der Waals surface area contributed by atoms with Gasteiger partial charge in [-0.25, -0.2) is 9.37 Å². The number of rotatable bonds is 4. The summed E-state index contributed by atoms with van der Waals surface area (Å²) in [7, 11) is 1.55. The van der Waals surface area contributed by atoms with Gasteiger partial charge in [-0.05, 0) is 43.9 Å². The maximum absolute atomic E-state index is 13.4. The lowest BCUT2D eigenvalue weighted by atomic mass is 10.3. The molecule has 0 bridgehead atoms. The summed E-state index contributed by atoms with van der Waals surface area (Å²) in [5.41, 5.74) is -0.581. The smallest absolute Gasteiger partial charge is 0.423 e. The summed E-state index contributed by atoms with van der Waals surface area (Å²) in [6.07, 6.45) is -0.914. The van der Waals surface area contributed by atoms with E-state index in [1.165, 1.54) is 23.1 Å². The van der Waals surface area contributed by atoms with Gasteiger partial charge in [-0.3, -0.25) is 0 Å². The maximum Gasteiger partial charge on any atom is 0.423 e. The molecule has 4 nitrogen and oxygen atoms in total. The van der Waals surface area contributed by atoms with E-state index in [2.05, 4.69) is 9.97 Å². The first-order valence-electron chi connectivity index (χ1n) is 7.95. The fourth-order valence-corrected chi connectivity index (χ4v) is 2.77. The van der Waals surface area contributed by atoms with E-state index in [1.54, 1.807) is 13.1 Å². The van der Waals surface area contributed by atoms with E-state index in [0.29, 0.717) is 24.7 Å². The van der Waals surface area contributed by atoms with Gasteiger partial charge in [0.25, 0.3) is 0 Å². The van der Waals surface area contributed by atoms with Gasteiger partial charge in [0.1, 0.15) is 17.5 Å². The molecular weight excluding hydrogens is 338 g/mol. The molecule has 0 atom stereocenters. The molecule has 0 aliphatic heterocycles. The van der Waals surface area contributed by atoms with Crippen LogP contribution in [0.1, 0.15) is 31.2 Å². The minimum atomic E-state index is -4.61. The molecule has 134 valence electrons. The number of hydrogen-bond donors (Lipinski definition) is 0. The molecule has 25 heavy (non-hydrogen) atoms. The third kappa shape index (κ3) is 4.00. The molecule has 0 radical (unpaired) electrons. The minimum absolute atomic E-state index is 0.00611. The number of anilines is 2. The highest BCUT2D eigenvalue weighted by Gasteiger charge is 2.37. The van der Waals surface area contributed by atoms with Crippen LogP contribution in [0.4, 0.5) is 29.2 Å². The first-order chi connectivity index (χ1) is 11.8. The van der Waals surface area contributed by atoms with Crippen molar-refractivity contribution >= 4 is 11.6 Å². The van der Waals surface area contributed by atoms with Crippen molar-refractivity contribution < 1.29 is 22.3 Å². The Hall–Kier alpha value is -2.38. The van der Waals surface area contributed by atoms with Crippen molar-refractivity contribution in [3.8, 4) is 5.88 Å². The van der Waals surface area contributed by atoms with Gasteiger partial charge in [-0.2, -0.15) is 18.2 Å². The first-order valence-corrected chi connectivity index (χ1v) is 7.95. The number of ether oxygens (including phenoxy) is 1. The van der Waals surface area contributed by atoms with Crippen LogP contribution in [-0.4, -0.2) is 23.1 Å². The van der Waals surface area contributed by atoms with Crippen LogP contribution in [0.2, 0.25) is 0 Å². The molecule has 2 aromatic rings. The van der Waals surface area contributed by atoms with E-state index in [0.717, 1.165) is 12.8 Å². The molecule has 1 aliphatic rings. The Bertz CT molecular complexity index is 745. The van der Waals surface area contributed by atoms with Crippen LogP contribution < -0.4 is 9.64 Å². The van der Waals surface area contributed by atoms with Gasteiger partial charge < -0.3 is 9.64 Å². The molecule has 1 aromatic heterocycles. The molecule has 0 unspecified atom stereocenters. The lowest BCUT2D eigenvalue weighted by Crippen LogP contribution is -2.20. The van der Waals surface area contributed by atoms with Gasteiger partial charge in [0, 0.05) is 18.9 Å². The van der Waals surface area contributed by atoms with E-state index in [-0.39, 0.29) is 12.1 Å². The maximum atomic E-state index is 13.4. The quantitative estimate of drug-likeness (QED) is 0.744. The normalized spacial score (nSPS) is 15.4. The van der Waals surface area contributed by atoms with Crippen molar-refractivity contribution in [2.24, 2.45) is 0 Å². The van der Waals surface area contributed by atoms with E-state index < -0.39 is 23.4 Å². The van der Waals surface area contributed by atoms with E-state index >= 15 is 0 Å². The second kappa shape index (κ2) is 6.85. The number of hydrogen-bond acceptors (Lipinski definition) is 4. The molecule has 1 fully saturated rings. The molecule has 3 rings (SSSR count). The van der Waals surface area contributed by atoms with Crippen LogP contribution in [0, 0.1) is 5.82 Å². The van der Waals surface area contributed by atoms with Gasteiger partial charge >= 0.3 is 6.18 Å². The fourth-order valence-electron chi connectivity index (χ4n) is 2.77. The second-order valence-electron chi connectivity index (χ2n) is 5.95. The Morgan fingerprint density at radius 1 is 1.20 bits per heavy atom. The Morgan fingerprint density at radius 3 is 2.56 bits per heavy atom. The second-order valence-corrected chi connectivity index (χ2v) is 5.95. The number of halogens is 4. The first kappa shape index (κ1) is 17.4. The highest BCUT2D eigenvalue weighted by Crippen LogP contribution is 2.37. The summed E-state index contributed by atoms with van der Waals surface area (Å²) in [6.45, 7) is 0. The molecule has 0 saturated heterocycles. The predicted molar refractivity (Wildman–Crippen MR) is 84.4 cm³/mol. The van der Waals surface area contributed by atoms with Gasteiger partial charge in [-0.1, -0.05) is 6.07 Å². The zero-order valence-corrected chi connectivity index (χ0v) is 13.6. The monoisotopic (exact) mass is 355 g/mol. The average Bonchev–Trinajstić information content (AvgIpc) is 3.06. The van der Waals surface area contributed by atoms with Crippen molar-refractivity contribution in [2.75, 3.05) is 11.9 Å². The number of nitrogens with zero attached hydrogens (tertiary/aromatic N) is 3. The third-order valence-corrected chi connectivity index (χ3v) is 4.12. The standard InChI is InChI=1S/C17H17F4N3O/c1-24(12-6-4-5-11(18)9-12)16-22-10-14(17(19,20)21)15(23-16)25-13-7-2-3-8-13/h4-6,9-10,13H,2-3,7-8H2,1H3. The SMILES string of the molecule is CN(c1cccc(F)c1)c1ncc(C(F)(F)F)c(OC2CCCC2)n1. The molecule has 1 aromatic carbocycles. The van der Waals surface area contributed by atoms with Crippen LogP contribution >= 0.6 is 0 Å². The van der Waals surface area contributed by atoms with Gasteiger partial charge in [0.2, 0.25) is 11.8 Å². The van der Waals surface area contributed by atoms with E-state index in [4.69, 9.17) is 4.74 Å². The van der Waals surface area contributed by atoms with Crippen molar-refractivity contribution in [2.45, 2.75) is 38.0 Å². The molecule has 8 heteroatoms. The Kier molecular flexibility index (Phi) is 4.78. The summed E-state index contributed by atoms with van der Waals surface area (Å²) < 4.78 is 58.5. The number of benzene rings is 1. The molecule has 0 spiro atoms. The molecule has 1 heterocycles. The van der Waals surface area contributed by atoms with Gasteiger partial charge in [0.15, 0.2) is 0 Å². The highest BCUT2D eigenvalue weighted by atomic mass is 19.4. The zero-order chi connectivity index (χ0) is 18.0. The van der Waals surface area contributed by atoms with Gasteiger partial charge in [0.05, 0.1) is 0 Å². The largest absolute Gasteiger partial charge is 0.474 e. The molecule has 0 N–H and O–H groups in total. The van der Waals surface area contributed by atoms with Crippen LogP contribution in [-0.2, 0) is 6.18 Å². The molecule has 1 aliphatic carbocycles. The zero-order valence-electron chi connectivity index (χ0n) is 13.6. The van der Waals surface area contributed by atoms with E-state index in [1.807, 2.05) is 0 Å². The summed E-state index contributed by atoms with van der Waals surface area (Å²) in [5, 5.41) is 0. The van der Waals surface area contributed by atoms with Crippen LogP contribution in [0.5, 0.6) is 5.88 Å². The fraction of sp³-hybridized carbons (Fsp3) is 0.412. The molecular formula is C17H17F4N3O. The molecule has 1 saturated carbocycles.